The molecule has 1 aromatic heterocycles. The molecule has 0 spiro atoms. The number of carboxylic acid groups (broad SMARTS) is 1. The van der Waals surface area contributed by atoms with Crippen LogP contribution in [-0.4, -0.2) is 40.2 Å². The van der Waals surface area contributed by atoms with Crippen LogP contribution in [0.3, 0.4) is 0 Å². The first kappa shape index (κ1) is 32.7. The van der Waals surface area contributed by atoms with Gasteiger partial charge in [-0.25, -0.2) is 13.6 Å². The van der Waals surface area contributed by atoms with Crippen LogP contribution < -0.4 is 10.9 Å². The van der Waals surface area contributed by atoms with Crippen LogP contribution in [0.5, 0.6) is 0 Å². The first-order chi connectivity index (χ1) is 17.2. The van der Waals surface area contributed by atoms with Crippen LogP contribution in [0.4, 0.5) is 14.5 Å². The number of aromatic nitrogens is 1. The number of likely N-dealkylation sites (N-methyl/N-ethyl adjacent to an activating group) is 1. The number of nitrogens with zero attached hydrogens (tertiary/aromatic N) is 2. The lowest BCUT2D eigenvalue weighted by atomic mass is 10.1. The van der Waals surface area contributed by atoms with Crippen LogP contribution >= 0.6 is 0 Å². The molecule has 0 saturated heterocycles. The Morgan fingerprint density at radius 2 is 1.72 bits per heavy atom. The van der Waals surface area contributed by atoms with Crippen LogP contribution in [-0.2, 0) is 6.54 Å². The van der Waals surface area contributed by atoms with Gasteiger partial charge < -0.3 is 10.4 Å². The highest BCUT2D eigenvalue weighted by atomic mass is 19.3. The van der Waals surface area contributed by atoms with Gasteiger partial charge in [-0.1, -0.05) is 72.8 Å². The number of benzene rings is 1. The molecular weight excluding hydrogens is 464 g/mol. The molecule has 2 rings (SSSR count). The monoisotopic (exact) mass is 505 g/mol. The van der Waals surface area contributed by atoms with E-state index in [1.807, 2.05) is 20.8 Å². The molecule has 1 heterocycles. The van der Waals surface area contributed by atoms with Crippen LogP contribution in [0.2, 0.25) is 0 Å². The summed E-state index contributed by atoms with van der Waals surface area (Å²) in [6, 6.07) is 7.35. The average molecular weight is 506 g/mol. The van der Waals surface area contributed by atoms with Gasteiger partial charge in [-0.15, -0.1) is 0 Å². The van der Waals surface area contributed by atoms with E-state index in [4.69, 9.17) is 0 Å². The molecule has 200 valence electrons. The Balaban J connectivity index is 0.00000185. The third kappa shape index (κ3) is 10.2. The molecule has 0 amide bonds. The van der Waals surface area contributed by atoms with Gasteiger partial charge in [-0.05, 0) is 36.4 Å². The molecule has 0 radical (unpaired) electrons. The number of halogens is 2. The topological polar surface area (TPSA) is 74.6 Å². The molecule has 0 fully saturated rings. The molecule has 36 heavy (non-hydrogen) atoms. The quantitative estimate of drug-likeness (QED) is 0.325. The van der Waals surface area contributed by atoms with Crippen LogP contribution in [0.1, 0.15) is 81.1 Å². The summed E-state index contributed by atoms with van der Waals surface area (Å²) >= 11 is 0. The fourth-order valence-electron chi connectivity index (χ4n) is 3.09. The smallest absolute Gasteiger partial charge is 0.341 e. The van der Waals surface area contributed by atoms with Crippen molar-refractivity contribution in [3.05, 3.63) is 76.2 Å². The van der Waals surface area contributed by atoms with Gasteiger partial charge >= 0.3 is 5.97 Å². The number of hydrogen-bond donors (Lipinski definition) is 2. The van der Waals surface area contributed by atoms with E-state index in [1.165, 1.54) is 47.9 Å². The zero-order valence-electron chi connectivity index (χ0n) is 22.2. The highest BCUT2D eigenvalue weighted by molar-refractivity contribution is 5.87. The highest BCUT2D eigenvalue weighted by Gasteiger charge is 2.17. The maximum atomic E-state index is 12.6. The lowest BCUT2D eigenvalue weighted by molar-refractivity contribution is 0.0694. The molecule has 1 aromatic carbocycles. The van der Waals surface area contributed by atoms with Crippen molar-refractivity contribution < 1.29 is 18.7 Å². The number of alkyl halides is 2. The number of hydrogen-bond acceptors (Lipinski definition) is 4. The van der Waals surface area contributed by atoms with Gasteiger partial charge in [0.15, 0.2) is 0 Å². The Hall–Kier alpha value is -3.26. The predicted molar refractivity (Wildman–Crippen MR) is 147 cm³/mol. The second kappa shape index (κ2) is 18.1. The summed E-state index contributed by atoms with van der Waals surface area (Å²) < 4.78 is 26.4. The molecule has 2 N–H and O–H groups in total. The third-order valence-corrected chi connectivity index (χ3v) is 5.22. The molecule has 0 unspecified atom stereocenters. The fourth-order valence-corrected chi connectivity index (χ4v) is 3.09. The van der Waals surface area contributed by atoms with Crippen molar-refractivity contribution >= 4 is 23.9 Å². The number of carbonyl (C=O) groups is 1. The summed E-state index contributed by atoms with van der Waals surface area (Å²) in [7, 11) is 0. The van der Waals surface area contributed by atoms with E-state index in [9.17, 15) is 23.5 Å². The van der Waals surface area contributed by atoms with Crippen molar-refractivity contribution in [3.63, 3.8) is 0 Å². The summed E-state index contributed by atoms with van der Waals surface area (Å²) in [6.07, 6.45) is 2.92. The molecule has 0 bridgehead atoms. The summed E-state index contributed by atoms with van der Waals surface area (Å²) in [6.45, 7) is 19.9. The Kier molecular flexibility index (Phi) is 16.4. The van der Waals surface area contributed by atoms with Gasteiger partial charge in [0.25, 0.3) is 12.0 Å². The molecule has 0 atom stereocenters. The molecule has 0 aliphatic rings. The number of anilines is 1. The van der Waals surface area contributed by atoms with Crippen LogP contribution in [0.25, 0.3) is 12.3 Å². The minimum atomic E-state index is -2.50. The Labute approximate surface area is 214 Å². The maximum Gasteiger partial charge on any atom is 0.341 e. The van der Waals surface area contributed by atoms with E-state index in [0.717, 1.165) is 5.69 Å². The maximum absolute atomic E-state index is 12.6. The first-order valence-electron chi connectivity index (χ1n) is 12.3. The molecule has 0 aliphatic carbocycles. The van der Waals surface area contributed by atoms with E-state index in [-0.39, 0.29) is 11.1 Å². The van der Waals surface area contributed by atoms with E-state index in [0.29, 0.717) is 37.4 Å². The SMILES string of the molecule is C=Cc1c(CN(CC)CCNc2ccc(C(F)F)cc2)cc(C(=O)O)c(=O)n1C=C.CC.CCCC. The van der Waals surface area contributed by atoms with Gasteiger partial charge in [-0.3, -0.25) is 14.3 Å². The predicted octanol–water partition coefficient (Wildman–Crippen LogP) is 6.99. The minimum Gasteiger partial charge on any atom is -0.477 e. The lowest BCUT2D eigenvalue weighted by Crippen LogP contribution is -2.31. The van der Waals surface area contributed by atoms with E-state index >= 15 is 0 Å². The van der Waals surface area contributed by atoms with Gasteiger partial charge in [0.1, 0.15) is 5.56 Å². The highest BCUT2D eigenvalue weighted by Crippen LogP contribution is 2.20. The van der Waals surface area contributed by atoms with E-state index in [1.54, 1.807) is 12.1 Å². The molecule has 0 saturated carbocycles. The summed E-state index contributed by atoms with van der Waals surface area (Å²) in [5, 5.41) is 12.5. The fraction of sp³-hybridized carbons (Fsp3) is 0.429. The molecule has 2 aromatic rings. The zero-order valence-corrected chi connectivity index (χ0v) is 22.2. The van der Waals surface area contributed by atoms with Crippen LogP contribution in [0.15, 0.2) is 48.3 Å². The number of pyridine rings is 1. The standard InChI is InChI=1S/C22H25F2N3O3.C4H10.C2H6/c1-4-19-16(13-18(22(29)30)21(28)27(19)6-3)14-26(5-2)12-11-25-17-9-7-15(8-10-17)20(23)24;1-3-4-2;1-2/h4,6-10,13,20,25H,1,3,5,11-12,14H2,2H3,(H,29,30);3-4H2,1-2H3;1-2H3. The number of unbranched alkanes of at least 4 members (excludes halogenated alkanes) is 1. The van der Waals surface area contributed by atoms with Crippen LogP contribution in [0, 0.1) is 0 Å². The molecular formula is C28H41F2N3O3. The molecule has 8 heteroatoms. The van der Waals surface area contributed by atoms with Gasteiger partial charge in [0, 0.05) is 37.1 Å². The minimum absolute atomic E-state index is 0.0285. The second-order valence-corrected chi connectivity index (χ2v) is 7.55. The Morgan fingerprint density at radius 3 is 2.14 bits per heavy atom. The van der Waals surface area contributed by atoms with Gasteiger partial charge in [0.05, 0.1) is 5.69 Å². The Morgan fingerprint density at radius 1 is 1.14 bits per heavy atom. The average Bonchev–Trinajstić information content (AvgIpc) is 2.89. The lowest BCUT2D eigenvalue weighted by Gasteiger charge is -2.23. The summed E-state index contributed by atoms with van der Waals surface area (Å²) in [4.78, 5) is 25.8. The number of rotatable bonds is 12. The van der Waals surface area contributed by atoms with Crippen molar-refractivity contribution in [1.82, 2.24) is 9.47 Å². The van der Waals surface area contributed by atoms with Crippen molar-refractivity contribution in [2.45, 2.75) is 60.4 Å². The van der Waals surface area contributed by atoms with Crippen molar-refractivity contribution in [2.75, 3.05) is 25.0 Å². The van der Waals surface area contributed by atoms with Crippen molar-refractivity contribution in [3.8, 4) is 0 Å². The number of nitrogens with one attached hydrogen (secondary N) is 1. The molecule has 0 aliphatic heterocycles. The zero-order chi connectivity index (χ0) is 27.7. The second-order valence-electron chi connectivity index (χ2n) is 7.55. The number of carboxylic acids is 1. The van der Waals surface area contributed by atoms with Crippen molar-refractivity contribution in [1.29, 1.82) is 0 Å². The van der Waals surface area contributed by atoms with E-state index < -0.39 is 18.0 Å². The van der Waals surface area contributed by atoms with Crippen molar-refractivity contribution in [2.24, 2.45) is 0 Å². The van der Waals surface area contributed by atoms with Gasteiger partial charge in [-0.2, -0.15) is 0 Å². The summed E-state index contributed by atoms with van der Waals surface area (Å²) in [5.74, 6) is -1.30. The van der Waals surface area contributed by atoms with E-state index in [2.05, 4.69) is 37.2 Å². The normalized spacial score (nSPS) is 10.1. The number of aromatic carboxylic acids is 1. The largest absolute Gasteiger partial charge is 0.477 e. The Bertz CT molecular complexity index is 1000. The third-order valence-electron chi connectivity index (χ3n) is 5.22. The summed E-state index contributed by atoms with van der Waals surface area (Å²) in [5.41, 5.74) is 0.853. The molecule has 6 nitrogen and oxygen atoms in total. The van der Waals surface area contributed by atoms with Gasteiger partial charge in [0.2, 0.25) is 0 Å². The first-order valence-corrected chi connectivity index (χ1v) is 12.3.